The van der Waals surface area contributed by atoms with Crippen LogP contribution in [0.1, 0.15) is 23.7 Å². The molecule has 18 heavy (non-hydrogen) atoms. The van der Waals surface area contributed by atoms with E-state index in [1.165, 1.54) is 0 Å². The Morgan fingerprint density at radius 2 is 2.06 bits per heavy atom. The minimum Gasteiger partial charge on any atom is -0.345 e. The van der Waals surface area contributed by atoms with Crippen LogP contribution in [0.2, 0.25) is 5.02 Å². The van der Waals surface area contributed by atoms with E-state index in [4.69, 9.17) is 11.6 Å². The van der Waals surface area contributed by atoms with Crippen molar-refractivity contribution in [1.82, 2.24) is 5.32 Å². The Balaban J connectivity index is 2.90. The van der Waals surface area contributed by atoms with Crippen LogP contribution >= 0.6 is 66.1 Å². The van der Waals surface area contributed by atoms with Crippen molar-refractivity contribution < 1.29 is 4.79 Å². The van der Waals surface area contributed by atoms with Crippen LogP contribution in [-0.2, 0) is 0 Å². The Morgan fingerprint density at radius 3 is 2.50 bits per heavy atom. The highest BCUT2D eigenvalue weighted by Gasteiger charge is 2.28. The lowest BCUT2D eigenvalue weighted by molar-refractivity contribution is 0.0915. The lowest BCUT2D eigenvalue weighted by Gasteiger charge is -2.30. The number of nitrogens with one attached hydrogen (secondary N) is 1. The summed E-state index contributed by atoms with van der Waals surface area (Å²) in [6.45, 7) is 2.05. The molecular formula is C12H13Br2ClINO. The Kier molecular flexibility index (Phi) is 6.92. The second-order valence-electron chi connectivity index (χ2n) is 3.98. The van der Waals surface area contributed by atoms with E-state index in [1.54, 1.807) is 12.1 Å². The van der Waals surface area contributed by atoms with Gasteiger partial charge in [0, 0.05) is 19.8 Å². The topological polar surface area (TPSA) is 29.1 Å². The van der Waals surface area contributed by atoms with Gasteiger partial charge in [-0.05, 0) is 47.2 Å². The van der Waals surface area contributed by atoms with E-state index in [2.05, 4.69) is 59.8 Å². The summed E-state index contributed by atoms with van der Waals surface area (Å²) in [6.07, 6.45) is 0.841. The quantitative estimate of drug-likeness (QED) is 0.456. The number of halogens is 4. The second kappa shape index (κ2) is 7.45. The predicted octanol–water partition coefficient (Wildman–Crippen LogP) is 4.61. The minimum atomic E-state index is -0.271. The zero-order valence-electron chi connectivity index (χ0n) is 9.77. The van der Waals surface area contributed by atoms with Crippen molar-refractivity contribution in [3.63, 3.8) is 0 Å². The van der Waals surface area contributed by atoms with Crippen molar-refractivity contribution in [3.8, 4) is 0 Å². The molecule has 1 rings (SSSR count). The van der Waals surface area contributed by atoms with E-state index < -0.39 is 0 Å². The maximum atomic E-state index is 12.2. The van der Waals surface area contributed by atoms with Gasteiger partial charge in [-0.25, -0.2) is 0 Å². The molecule has 0 heterocycles. The molecule has 0 spiro atoms. The minimum absolute atomic E-state index is 0.103. The molecule has 0 aliphatic heterocycles. The third kappa shape index (κ3) is 4.08. The number of carbonyl (C=O) groups excluding carboxylic acids is 1. The molecule has 0 atom stereocenters. The smallest absolute Gasteiger partial charge is 0.251 e. The largest absolute Gasteiger partial charge is 0.345 e. The lowest BCUT2D eigenvalue weighted by Crippen LogP contribution is -2.51. The van der Waals surface area contributed by atoms with Crippen molar-refractivity contribution in [2.75, 3.05) is 10.7 Å². The van der Waals surface area contributed by atoms with E-state index in [0.717, 1.165) is 9.99 Å². The summed E-state index contributed by atoms with van der Waals surface area (Å²) in [7, 11) is 0. The van der Waals surface area contributed by atoms with Gasteiger partial charge in [0.1, 0.15) is 0 Å². The fraction of sp³-hybridized carbons (Fsp3) is 0.417. The number of carbonyl (C=O) groups is 1. The zero-order chi connectivity index (χ0) is 13.8. The highest BCUT2D eigenvalue weighted by atomic mass is 127. The number of benzene rings is 1. The molecule has 6 heteroatoms. The van der Waals surface area contributed by atoms with Crippen LogP contribution in [0.25, 0.3) is 0 Å². The summed E-state index contributed by atoms with van der Waals surface area (Å²) in [5, 5.41) is 5.05. The molecule has 0 saturated carbocycles. The van der Waals surface area contributed by atoms with Gasteiger partial charge < -0.3 is 5.32 Å². The predicted molar refractivity (Wildman–Crippen MR) is 92.2 cm³/mol. The SMILES string of the molecule is CCC(CBr)(CBr)NC(=O)c1ccc(I)c(Cl)c1. The molecule has 0 saturated heterocycles. The molecule has 0 radical (unpaired) electrons. The Hall–Kier alpha value is 0.670. The molecule has 1 aromatic rings. The van der Waals surface area contributed by atoms with E-state index in [-0.39, 0.29) is 11.4 Å². The molecule has 0 aliphatic carbocycles. The van der Waals surface area contributed by atoms with Gasteiger partial charge in [0.2, 0.25) is 0 Å². The van der Waals surface area contributed by atoms with Crippen LogP contribution < -0.4 is 5.32 Å². The maximum absolute atomic E-state index is 12.2. The number of hydrogen-bond donors (Lipinski definition) is 1. The number of rotatable bonds is 5. The van der Waals surface area contributed by atoms with Crippen molar-refractivity contribution in [1.29, 1.82) is 0 Å². The first-order valence-corrected chi connectivity index (χ1v) is 9.07. The second-order valence-corrected chi connectivity index (χ2v) is 6.68. The molecule has 1 N–H and O–H groups in total. The summed E-state index contributed by atoms with van der Waals surface area (Å²) < 4.78 is 0.938. The van der Waals surface area contributed by atoms with Crippen LogP contribution in [0.3, 0.4) is 0 Å². The first kappa shape index (κ1) is 16.7. The van der Waals surface area contributed by atoms with Gasteiger partial charge in [0.15, 0.2) is 0 Å². The third-order valence-electron chi connectivity index (χ3n) is 2.75. The Bertz CT molecular complexity index is 430. The zero-order valence-corrected chi connectivity index (χ0v) is 15.9. The summed E-state index contributed by atoms with van der Waals surface area (Å²) in [6, 6.07) is 5.32. The summed E-state index contributed by atoms with van der Waals surface area (Å²) >= 11 is 15.1. The molecule has 2 nitrogen and oxygen atoms in total. The van der Waals surface area contributed by atoms with Crippen molar-refractivity contribution in [3.05, 3.63) is 32.4 Å². The number of alkyl halides is 2. The van der Waals surface area contributed by atoms with Gasteiger partial charge >= 0.3 is 0 Å². The molecular weight excluding hydrogens is 496 g/mol. The van der Waals surface area contributed by atoms with Crippen LogP contribution in [0.4, 0.5) is 0 Å². The van der Waals surface area contributed by atoms with E-state index in [1.807, 2.05) is 13.0 Å². The molecule has 0 bridgehead atoms. The normalized spacial score (nSPS) is 11.4. The van der Waals surface area contributed by atoms with Crippen LogP contribution in [-0.4, -0.2) is 22.1 Å². The van der Waals surface area contributed by atoms with Gasteiger partial charge in [0.25, 0.3) is 5.91 Å². The molecule has 0 aromatic heterocycles. The average molecular weight is 509 g/mol. The molecule has 1 amide bonds. The maximum Gasteiger partial charge on any atom is 0.251 e. The lowest BCUT2D eigenvalue weighted by atomic mass is 10.0. The van der Waals surface area contributed by atoms with Crippen LogP contribution in [0.15, 0.2) is 18.2 Å². The van der Waals surface area contributed by atoms with Gasteiger partial charge in [-0.1, -0.05) is 50.4 Å². The number of amides is 1. The fourth-order valence-electron chi connectivity index (χ4n) is 1.33. The Morgan fingerprint density at radius 1 is 1.44 bits per heavy atom. The molecule has 1 aromatic carbocycles. The van der Waals surface area contributed by atoms with Crippen molar-refractivity contribution in [2.45, 2.75) is 18.9 Å². The summed E-state index contributed by atoms with van der Waals surface area (Å²) in [5.41, 5.74) is 0.312. The van der Waals surface area contributed by atoms with E-state index in [9.17, 15) is 4.79 Å². The molecule has 0 unspecified atom stereocenters. The first-order valence-electron chi connectivity index (χ1n) is 5.37. The Labute approximate surface area is 143 Å². The molecule has 100 valence electrons. The van der Waals surface area contributed by atoms with Gasteiger partial charge in [-0.3, -0.25) is 4.79 Å². The van der Waals surface area contributed by atoms with Gasteiger partial charge in [0.05, 0.1) is 10.6 Å². The summed E-state index contributed by atoms with van der Waals surface area (Å²) in [4.78, 5) is 12.2. The van der Waals surface area contributed by atoms with E-state index >= 15 is 0 Å². The third-order valence-corrected chi connectivity index (χ3v) is 6.47. The standard InChI is InChI=1S/C12H13Br2ClINO/c1-2-12(6-13,7-14)17-11(18)8-3-4-10(16)9(15)5-8/h3-5H,2,6-7H2,1H3,(H,17,18). The average Bonchev–Trinajstić information content (AvgIpc) is 2.39. The highest BCUT2D eigenvalue weighted by Crippen LogP contribution is 2.21. The monoisotopic (exact) mass is 507 g/mol. The van der Waals surface area contributed by atoms with Gasteiger partial charge in [-0.2, -0.15) is 0 Å². The van der Waals surface area contributed by atoms with E-state index in [0.29, 0.717) is 21.2 Å². The molecule has 0 aliphatic rings. The molecule has 0 fully saturated rings. The van der Waals surface area contributed by atoms with Crippen LogP contribution in [0.5, 0.6) is 0 Å². The number of hydrogen-bond acceptors (Lipinski definition) is 1. The van der Waals surface area contributed by atoms with Gasteiger partial charge in [-0.15, -0.1) is 0 Å². The highest BCUT2D eigenvalue weighted by molar-refractivity contribution is 14.1. The van der Waals surface area contributed by atoms with Crippen molar-refractivity contribution in [2.24, 2.45) is 0 Å². The fourth-order valence-corrected chi connectivity index (χ4v) is 3.85. The summed E-state index contributed by atoms with van der Waals surface area (Å²) in [5.74, 6) is -0.103. The van der Waals surface area contributed by atoms with Crippen LogP contribution in [0, 0.1) is 3.57 Å². The first-order chi connectivity index (χ1) is 8.48. The van der Waals surface area contributed by atoms with Crippen molar-refractivity contribution >= 4 is 72.0 Å².